The van der Waals surface area contributed by atoms with Crippen molar-refractivity contribution in [1.29, 1.82) is 0 Å². The van der Waals surface area contributed by atoms with Gasteiger partial charge in [0.05, 0.1) is 7.11 Å². The summed E-state index contributed by atoms with van der Waals surface area (Å²) in [5, 5.41) is 0. The normalized spacial score (nSPS) is 12.8. The van der Waals surface area contributed by atoms with Crippen molar-refractivity contribution < 1.29 is 28.2 Å². The Kier molecular flexibility index (Phi) is 3.68. The van der Waals surface area contributed by atoms with Gasteiger partial charge in [-0.3, -0.25) is 0 Å². The molecule has 0 fully saturated rings. The molecule has 0 spiro atoms. The van der Waals surface area contributed by atoms with Crippen molar-refractivity contribution in [2.75, 3.05) is 20.3 Å². The molecule has 6 heteroatoms. The van der Waals surface area contributed by atoms with Gasteiger partial charge in [0.25, 0.3) is 0 Å². The number of ether oxygens (including phenoxy) is 4. The van der Waals surface area contributed by atoms with E-state index < -0.39 is 5.97 Å². The summed E-state index contributed by atoms with van der Waals surface area (Å²) in [4.78, 5) is 11.3. The van der Waals surface area contributed by atoms with E-state index in [2.05, 4.69) is 4.74 Å². The second-order valence-electron chi connectivity index (χ2n) is 4.35. The third-order valence-corrected chi connectivity index (χ3v) is 2.94. The SMILES string of the molecule is COC(=O)c1ccc(COc2ccc3c(c2)OCCO3)o1. The Bertz CT molecular complexity index is 645. The van der Waals surface area contributed by atoms with Crippen molar-refractivity contribution in [2.45, 2.75) is 6.61 Å². The predicted octanol–water partition coefficient (Wildman–Crippen LogP) is 2.42. The van der Waals surface area contributed by atoms with Gasteiger partial charge in [-0.15, -0.1) is 0 Å². The fourth-order valence-corrected chi connectivity index (χ4v) is 1.93. The minimum atomic E-state index is -0.513. The van der Waals surface area contributed by atoms with Crippen LogP contribution in [-0.4, -0.2) is 26.3 Å². The fourth-order valence-electron chi connectivity index (χ4n) is 1.93. The summed E-state index contributed by atoms with van der Waals surface area (Å²) in [6.07, 6.45) is 0. The summed E-state index contributed by atoms with van der Waals surface area (Å²) in [6.45, 7) is 1.28. The van der Waals surface area contributed by atoms with E-state index in [0.29, 0.717) is 36.2 Å². The molecular formula is C15H14O6. The van der Waals surface area contributed by atoms with Crippen molar-refractivity contribution in [2.24, 2.45) is 0 Å². The lowest BCUT2D eigenvalue weighted by Crippen LogP contribution is -2.15. The number of rotatable bonds is 4. The molecule has 6 nitrogen and oxygen atoms in total. The van der Waals surface area contributed by atoms with E-state index in [4.69, 9.17) is 18.6 Å². The number of carbonyl (C=O) groups excluding carboxylic acids is 1. The molecule has 21 heavy (non-hydrogen) atoms. The van der Waals surface area contributed by atoms with E-state index in [9.17, 15) is 4.79 Å². The second-order valence-corrected chi connectivity index (χ2v) is 4.35. The molecule has 0 aliphatic carbocycles. The summed E-state index contributed by atoms with van der Waals surface area (Å²) in [5.74, 6) is 2.17. The molecule has 1 aromatic carbocycles. The number of carbonyl (C=O) groups is 1. The first-order chi connectivity index (χ1) is 10.3. The number of benzene rings is 1. The number of esters is 1. The van der Waals surface area contributed by atoms with Crippen LogP contribution in [0, 0.1) is 0 Å². The highest BCUT2D eigenvalue weighted by molar-refractivity contribution is 5.86. The number of hydrogen-bond donors (Lipinski definition) is 0. The molecule has 0 amide bonds. The van der Waals surface area contributed by atoms with Crippen LogP contribution in [0.2, 0.25) is 0 Å². The zero-order valence-corrected chi connectivity index (χ0v) is 11.5. The monoisotopic (exact) mass is 290 g/mol. The quantitative estimate of drug-likeness (QED) is 0.806. The van der Waals surface area contributed by atoms with E-state index in [-0.39, 0.29) is 12.4 Å². The molecule has 1 aromatic heterocycles. The lowest BCUT2D eigenvalue weighted by atomic mass is 10.3. The van der Waals surface area contributed by atoms with E-state index in [1.807, 2.05) is 0 Å². The lowest BCUT2D eigenvalue weighted by molar-refractivity contribution is 0.0561. The van der Waals surface area contributed by atoms with E-state index in [0.717, 1.165) is 0 Å². The Balaban J connectivity index is 1.65. The van der Waals surface area contributed by atoms with Crippen molar-refractivity contribution in [3.8, 4) is 17.2 Å². The van der Waals surface area contributed by atoms with Crippen molar-refractivity contribution >= 4 is 5.97 Å². The summed E-state index contributed by atoms with van der Waals surface area (Å²) < 4.78 is 26.4. The van der Waals surface area contributed by atoms with Gasteiger partial charge in [-0.1, -0.05) is 0 Å². The van der Waals surface area contributed by atoms with Gasteiger partial charge in [0.15, 0.2) is 11.5 Å². The first-order valence-electron chi connectivity index (χ1n) is 6.46. The summed E-state index contributed by atoms with van der Waals surface area (Å²) in [5.41, 5.74) is 0. The Morgan fingerprint density at radius 1 is 1.14 bits per heavy atom. The highest BCUT2D eigenvalue weighted by atomic mass is 16.6. The zero-order chi connectivity index (χ0) is 14.7. The van der Waals surface area contributed by atoms with Gasteiger partial charge in [0, 0.05) is 6.07 Å². The molecule has 1 aliphatic rings. The maximum atomic E-state index is 11.3. The van der Waals surface area contributed by atoms with Crippen LogP contribution < -0.4 is 14.2 Å². The van der Waals surface area contributed by atoms with Crippen LogP contribution >= 0.6 is 0 Å². The minimum absolute atomic E-state index is 0.151. The van der Waals surface area contributed by atoms with Crippen LogP contribution in [0.3, 0.4) is 0 Å². The van der Waals surface area contributed by atoms with Crippen LogP contribution in [0.4, 0.5) is 0 Å². The average Bonchev–Trinajstić information content (AvgIpc) is 3.01. The lowest BCUT2D eigenvalue weighted by Gasteiger charge is -2.18. The Morgan fingerprint density at radius 3 is 2.76 bits per heavy atom. The second kappa shape index (κ2) is 5.78. The van der Waals surface area contributed by atoms with Gasteiger partial charge in [0.1, 0.15) is 31.3 Å². The van der Waals surface area contributed by atoms with Crippen LogP contribution in [0.15, 0.2) is 34.7 Å². The molecule has 2 heterocycles. The molecule has 0 unspecified atom stereocenters. The maximum absolute atomic E-state index is 11.3. The van der Waals surface area contributed by atoms with E-state index >= 15 is 0 Å². The molecule has 110 valence electrons. The van der Waals surface area contributed by atoms with Gasteiger partial charge >= 0.3 is 5.97 Å². The van der Waals surface area contributed by atoms with Gasteiger partial charge in [-0.25, -0.2) is 4.79 Å². The minimum Gasteiger partial charge on any atom is -0.486 e. The molecule has 3 rings (SSSR count). The molecular weight excluding hydrogens is 276 g/mol. The molecule has 1 aliphatic heterocycles. The largest absolute Gasteiger partial charge is 0.486 e. The summed E-state index contributed by atoms with van der Waals surface area (Å²) in [6, 6.07) is 8.57. The third kappa shape index (κ3) is 2.94. The zero-order valence-electron chi connectivity index (χ0n) is 11.5. The van der Waals surface area contributed by atoms with Gasteiger partial charge < -0.3 is 23.4 Å². The number of furan rings is 1. The molecule has 2 aromatic rings. The standard InChI is InChI=1S/C15H14O6/c1-17-15(16)13-5-3-11(21-13)9-20-10-2-4-12-14(8-10)19-7-6-18-12/h2-5,8H,6-7,9H2,1H3. The smallest absolute Gasteiger partial charge is 0.373 e. The Morgan fingerprint density at radius 2 is 1.95 bits per heavy atom. The number of hydrogen-bond acceptors (Lipinski definition) is 6. The topological polar surface area (TPSA) is 67.1 Å². The van der Waals surface area contributed by atoms with Gasteiger partial charge in [-0.05, 0) is 24.3 Å². The van der Waals surface area contributed by atoms with Crippen molar-refractivity contribution in [3.63, 3.8) is 0 Å². The fraction of sp³-hybridized carbons (Fsp3) is 0.267. The summed E-state index contributed by atoms with van der Waals surface area (Å²) >= 11 is 0. The summed E-state index contributed by atoms with van der Waals surface area (Å²) in [7, 11) is 1.30. The third-order valence-electron chi connectivity index (χ3n) is 2.94. The molecule has 0 radical (unpaired) electrons. The Hall–Kier alpha value is -2.63. The van der Waals surface area contributed by atoms with Crippen molar-refractivity contribution in [1.82, 2.24) is 0 Å². The molecule has 0 saturated carbocycles. The first-order valence-corrected chi connectivity index (χ1v) is 6.46. The molecule has 0 bridgehead atoms. The first kappa shape index (κ1) is 13.4. The van der Waals surface area contributed by atoms with Gasteiger partial charge in [0.2, 0.25) is 5.76 Å². The molecule has 0 N–H and O–H groups in total. The molecule has 0 saturated heterocycles. The van der Waals surface area contributed by atoms with Crippen LogP contribution in [0.25, 0.3) is 0 Å². The van der Waals surface area contributed by atoms with Crippen LogP contribution in [-0.2, 0) is 11.3 Å². The molecule has 0 atom stereocenters. The highest BCUT2D eigenvalue weighted by Gasteiger charge is 2.14. The predicted molar refractivity (Wildman–Crippen MR) is 71.8 cm³/mol. The highest BCUT2D eigenvalue weighted by Crippen LogP contribution is 2.33. The van der Waals surface area contributed by atoms with Crippen LogP contribution in [0.1, 0.15) is 16.3 Å². The van der Waals surface area contributed by atoms with Gasteiger partial charge in [-0.2, -0.15) is 0 Å². The van der Waals surface area contributed by atoms with E-state index in [1.54, 1.807) is 30.3 Å². The van der Waals surface area contributed by atoms with Crippen molar-refractivity contribution in [3.05, 3.63) is 41.9 Å². The average molecular weight is 290 g/mol. The van der Waals surface area contributed by atoms with E-state index in [1.165, 1.54) is 7.11 Å². The number of fused-ring (bicyclic) bond motifs is 1. The van der Waals surface area contributed by atoms with Crippen LogP contribution in [0.5, 0.6) is 17.2 Å². The number of methoxy groups -OCH3 is 1. The Labute approximate surface area is 121 Å². The maximum Gasteiger partial charge on any atom is 0.373 e.